The Labute approximate surface area is 140 Å². The van der Waals surface area contributed by atoms with Crippen LogP contribution in [0.3, 0.4) is 0 Å². The smallest absolute Gasteiger partial charge is 0.167 e. The van der Waals surface area contributed by atoms with Gasteiger partial charge < -0.3 is 0 Å². The summed E-state index contributed by atoms with van der Waals surface area (Å²) in [4.78, 5) is 0. The van der Waals surface area contributed by atoms with Crippen molar-refractivity contribution in [3.8, 4) is 11.1 Å². The minimum absolute atomic E-state index is 1.21. The zero-order valence-electron chi connectivity index (χ0n) is 13.2. The van der Waals surface area contributed by atoms with Crippen molar-refractivity contribution in [2.24, 2.45) is 0 Å². The van der Waals surface area contributed by atoms with Gasteiger partial charge in [0.05, 0.1) is 0 Å². The van der Waals surface area contributed by atoms with Crippen molar-refractivity contribution in [1.29, 1.82) is 0 Å². The number of hydrogen-bond acceptors (Lipinski definition) is 0. The zero-order chi connectivity index (χ0) is 15.9. The van der Waals surface area contributed by atoms with E-state index in [1.54, 1.807) is 0 Å². The molecular weight excluding hydrogens is 290 g/mol. The minimum atomic E-state index is 1.21. The SMILES string of the molecule is c1ccc(-c2ccc3c(ccc4c[n+]5ccccc5cc43)c2)cc1. The van der Waals surface area contributed by atoms with E-state index in [9.17, 15) is 0 Å². The molecule has 2 aromatic heterocycles. The lowest BCUT2D eigenvalue weighted by atomic mass is 9.98. The van der Waals surface area contributed by atoms with Gasteiger partial charge in [0.15, 0.2) is 12.4 Å². The molecule has 0 radical (unpaired) electrons. The third-order valence-corrected chi connectivity index (χ3v) is 4.70. The van der Waals surface area contributed by atoms with E-state index in [1.165, 1.54) is 38.2 Å². The summed E-state index contributed by atoms with van der Waals surface area (Å²) in [5, 5.41) is 5.15. The lowest BCUT2D eigenvalue weighted by Crippen LogP contribution is -2.19. The monoisotopic (exact) mass is 306 g/mol. The quantitative estimate of drug-likeness (QED) is 0.222. The van der Waals surface area contributed by atoms with Gasteiger partial charge in [0.2, 0.25) is 5.52 Å². The van der Waals surface area contributed by atoms with Gasteiger partial charge in [-0.05, 0) is 40.1 Å². The molecule has 1 heteroatoms. The normalized spacial score (nSPS) is 11.3. The average Bonchev–Trinajstić information content (AvgIpc) is 2.66. The lowest BCUT2D eigenvalue weighted by molar-refractivity contribution is -0.510. The fraction of sp³-hybridized carbons (Fsp3) is 0. The molecule has 3 aromatic carbocycles. The van der Waals surface area contributed by atoms with Crippen LogP contribution in [-0.2, 0) is 0 Å². The maximum atomic E-state index is 2.28. The van der Waals surface area contributed by atoms with Gasteiger partial charge in [0.1, 0.15) is 0 Å². The van der Waals surface area contributed by atoms with E-state index in [4.69, 9.17) is 0 Å². The summed E-state index contributed by atoms with van der Waals surface area (Å²) < 4.78 is 2.17. The summed E-state index contributed by atoms with van der Waals surface area (Å²) >= 11 is 0. The summed E-state index contributed by atoms with van der Waals surface area (Å²) in [5.41, 5.74) is 3.73. The molecule has 0 amide bonds. The van der Waals surface area contributed by atoms with Gasteiger partial charge in [-0.1, -0.05) is 48.5 Å². The molecule has 112 valence electrons. The van der Waals surface area contributed by atoms with Gasteiger partial charge in [0, 0.05) is 29.0 Å². The number of fused-ring (bicyclic) bond motifs is 4. The third-order valence-electron chi connectivity index (χ3n) is 4.70. The molecule has 0 saturated carbocycles. The number of nitrogens with zero attached hydrogens (tertiary/aromatic N) is 1. The van der Waals surface area contributed by atoms with Crippen LogP contribution < -0.4 is 4.40 Å². The molecule has 0 aliphatic rings. The molecule has 0 spiro atoms. The van der Waals surface area contributed by atoms with Crippen molar-refractivity contribution in [3.05, 3.63) is 97.3 Å². The van der Waals surface area contributed by atoms with Crippen LogP contribution in [0.25, 0.3) is 38.2 Å². The van der Waals surface area contributed by atoms with E-state index in [2.05, 4.69) is 102 Å². The molecule has 0 aliphatic heterocycles. The lowest BCUT2D eigenvalue weighted by Gasteiger charge is -2.07. The highest BCUT2D eigenvalue weighted by Gasteiger charge is 2.08. The van der Waals surface area contributed by atoms with Crippen molar-refractivity contribution < 1.29 is 4.40 Å². The Morgan fingerprint density at radius 1 is 0.542 bits per heavy atom. The molecule has 5 rings (SSSR count). The van der Waals surface area contributed by atoms with Gasteiger partial charge in [-0.15, -0.1) is 0 Å². The second-order valence-corrected chi connectivity index (χ2v) is 6.18. The molecule has 1 nitrogen and oxygen atoms in total. The molecular formula is C23H16N+. The van der Waals surface area contributed by atoms with Crippen molar-refractivity contribution in [3.63, 3.8) is 0 Å². The molecule has 0 unspecified atom stereocenters. The Balaban J connectivity index is 1.80. The highest BCUT2D eigenvalue weighted by Crippen LogP contribution is 2.29. The number of rotatable bonds is 1. The van der Waals surface area contributed by atoms with Crippen LogP contribution in [0.1, 0.15) is 0 Å². The molecule has 0 aliphatic carbocycles. The van der Waals surface area contributed by atoms with Crippen molar-refractivity contribution >= 4 is 27.1 Å². The summed E-state index contributed by atoms with van der Waals surface area (Å²) in [6, 6.07) is 30.3. The third kappa shape index (κ3) is 2.06. The van der Waals surface area contributed by atoms with Gasteiger partial charge >= 0.3 is 0 Å². The molecule has 5 aromatic rings. The highest BCUT2D eigenvalue weighted by atomic mass is 14.8. The minimum Gasteiger partial charge on any atom is -0.167 e. The molecule has 0 bridgehead atoms. The summed E-state index contributed by atoms with van der Waals surface area (Å²) in [6.45, 7) is 0. The molecule has 24 heavy (non-hydrogen) atoms. The van der Waals surface area contributed by atoms with Gasteiger partial charge in [0.25, 0.3) is 0 Å². The summed E-state index contributed by atoms with van der Waals surface area (Å²) in [5.74, 6) is 0. The zero-order valence-corrected chi connectivity index (χ0v) is 13.2. The predicted octanol–water partition coefficient (Wildman–Crippen LogP) is 5.40. The first kappa shape index (κ1) is 13.3. The van der Waals surface area contributed by atoms with Gasteiger partial charge in [-0.2, -0.15) is 4.40 Å². The van der Waals surface area contributed by atoms with Crippen molar-refractivity contribution in [1.82, 2.24) is 0 Å². The second-order valence-electron chi connectivity index (χ2n) is 6.18. The Kier molecular flexibility index (Phi) is 2.86. The summed E-state index contributed by atoms with van der Waals surface area (Å²) in [7, 11) is 0. The van der Waals surface area contributed by atoms with Crippen molar-refractivity contribution in [2.75, 3.05) is 0 Å². The van der Waals surface area contributed by atoms with Crippen LogP contribution in [0.2, 0.25) is 0 Å². The first-order chi connectivity index (χ1) is 11.9. The van der Waals surface area contributed by atoms with E-state index < -0.39 is 0 Å². The summed E-state index contributed by atoms with van der Waals surface area (Å²) in [6.07, 6.45) is 4.30. The number of benzene rings is 3. The fourth-order valence-corrected chi connectivity index (χ4v) is 3.46. The molecule has 0 atom stereocenters. The standard InChI is InChI=1S/C23H16N/c1-2-6-17(7-3-1)18-11-12-22-19(14-18)9-10-20-16-24-13-5-4-8-21(24)15-23(20)22/h1-16H/q+1. The van der Waals surface area contributed by atoms with Crippen molar-refractivity contribution in [2.45, 2.75) is 0 Å². The van der Waals surface area contributed by atoms with E-state index in [0.717, 1.165) is 0 Å². The Hall–Kier alpha value is -3.19. The van der Waals surface area contributed by atoms with E-state index in [0.29, 0.717) is 0 Å². The topological polar surface area (TPSA) is 4.10 Å². The first-order valence-corrected chi connectivity index (χ1v) is 8.20. The van der Waals surface area contributed by atoms with Gasteiger partial charge in [-0.3, -0.25) is 0 Å². The van der Waals surface area contributed by atoms with E-state index in [-0.39, 0.29) is 0 Å². The maximum absolute atomic E-state index is 2.28. The largest absolute Gasteiger partial charge is 0.211 e. The molecule has 0 N–H and O–H groups in total. The Bertz CT molecular complexity index is 1190. The molecule has 0 fully saturated rings. The van der Waals surface area contributed by atoms with Crippen LogP contribution in [0.5, 0.6) is 0 Å². The van der Waals surface area contributed by atoms with Crippen LogP contribution in [0.15, 0.2) is 97.3 Å². The Morgan fingerprint density at radius 2 is 1.38 bits per heavy atom. The van der Waals surface area contributed by atoms with Crippen LogP contribution in [-0.4, -0.2) is 0 Å². The molecule has 0 saturated heterocycles. The average molecular weight is 306 g/mol. The predicted molar refractivity (Wildman–Crippen MR) is 100 cm³/mol. The number of pyridine rings is 2. The molecule has 2 heterocycles. The van der Waals surface area contributed by atoms with Crippen LogP contribution in [0.4, 0.5) is 0 Å². The van der Waals surface area contributed by atoms with E-state index in [1.807, 2.05) is 0 Å². The van der Waals surface area contributed by atoms with Crippen LogP contribution >= 0.6 is 0 Å². The number of hydrogen-bond donors (Lipinski definition) is 0. The highest BCUT2D eigenvalue weighted by molar-refractivity contribution is 6.08. The second kappa shape index (κ2) is 5.17. The maximum Gasteiger partial charge on any atom is 0.211 e. The van der Waals surface area contributed by atoms with Gasteiger partial charge in [-0.25, -0.2) is 0 Å². The fourth-order valence-electron chi connectivity index (χ4n) is 3.46. The van der Waals surface area contributed by atoms with E-state index >= 15 is 0 Å². The first-order valence-electron chi connectivity index (χ1n) is 8.20. The number of aromatic nitrogens is 1. The Morgan fingerprint density at radius 3 is 2.29 bits per heavy atom. The van der Waals surface area contributed by atoms with Crippen LogP contribution in [0, 0.1) is 0 Å².